The maximum Gasteiger partial charge on any atom is 0.252 e. The van der Waals surface area contributed by atoms with E-state index in [0.29, 0.717) is 5.56 Å². The second-order valence-electron chi connectivity index (χ2n) is 5.81. The second-order valence-corrected chi connectivity index (χ2v) is 5.81. The fraction of sp³-hybridized carbons (Fsp3) is 0.211. The molecule has 4 heteroatoms. The predicted octanol–water partition coefficient (Wildman–Crippen LogP) is 3.74. The lowest BCUT2D eigenvalue weighted by Gasteiger charge is -2.15. The first-order valence-electron chi connectivity index (χ1n) is 7.63. The van der Waals surface area contributed by atoms with Crippen LogP contribution < -0.4 is 5.32 Å². The van der Waals surface area contributed by atoms with Crippen molar-refractivity contribution in [2.75, 3.05) is 0 Å². The highest BCUT2D eigenvalue weighted by molar-refractivity contribution is 6.06. The summed E-state index contributed by atoms with van der Waals surface area (Å²) >= 11 is 0. The molecule has 23 heavy (non-hydrogen) atoms. The predicted molar refractivity (Wildman–Crippen MR) is 91.3 cm³/mol. The molecule has 3 rings (SSSR count). The van der Waals surface area contributed by atoms with Crippen LogP contribution in [0.1, 0.15) is 40.1 Å². The number of hydrogen-bond donors (Lipinski definition) is 1. The van der Waals surface area contributed by atoms with Crippen LogP contribution in [-0.2, 0) is 0 Å². The summed E-state index contributed by atoms with van der Waals surface area (Å²) in [5.74, 6) is -0.0876. The van der Waals surface area contributed by atoms with Crippen molar-refractivity contribution >= 4 is 16.8 Å². The fourth-order valence-electron chi connectivity index (χ4n) is 2.67. The highest BCUT2D eigenvalue weighted by atomic mass is 16.1. The van der Waals surface area contributed by atoms with E-state index in [-0.39, 0.29) is 11.9 Å². The molecular weight excluding hydrogens is 286 g/mol. The summed E-state index contributed by atoms with van der Waals surface area (Å²) in [5.41, 5.74) is 4.48. The summed E-state index contributed by atoms with van der Waals surface area (Å²) in [6.45, 7) is 5.89. The molecule has 2 aromatic heterocycles. The molecule has 4 nitrogen and oxygen atoms in total. The third-order valence-electron chi connectivity index (χ3n) is 3.89. The molecular formula is C19H19N3O. The van der Waals surface area contributed by atoms with E-state index in [9.17, 15) is 4.79 Å². The summed E-state index contributed by atoms with van der Waals surface area (Å²) in [6, 6.07) is 11.6. The summed E-state index contributed by atoms with van der Waals surface area (Å²) in [6.07, 6.45) is 3.46. The summed E-state index contributed by atoms with van der Waals surface area (Å²) in [5, 5.41) is 3.94. The largest absolute Gasteiger partial charge is 0.345 e. The minimum Gasteiger partial charge on any atom is -0.345 e. The van der Waals surface area contributed by atoms with Crippen molar-refractivity contribution in [3.05, 3.63) is 71.2 Å². The molecule has 1 atom stereocenters. The molecule has 0 aliphatic heterocycles. The highest BCUT2D eigenvalue weighted by Crippen LogP contribution is 2.21. The zero-order chi connectivity index (χ0) is 16.4. The van der Waals surface area contributed by atoms with Gasteiger partial charge < -0.3 is 5.32 Å². The van der Waals surface area contributed by atoms with Crippen LogP contribution in [-0.4, -0.2) is 15.9 Å². The van der Waals surface area contributed by atoms with Gasteiger partial charge in [-0.25, -0.2) is 0 Å². The Kier molecular flexibility index (Phi) is 4.06. The van der Waals surface area contributed by atoms with Crippen molar-refractivity contribution in [2.24, 2.45) is 0 Å². The Bertz CT molecular complexity index is 859. The number of carbonyl (C=O) groups is 1. The van der Waals surface area contributed by atoms with Gasteiger partial charge in [0, 0.05) is 23.5 Å². The van der Waals surface area contributed by atoms with Crippen molar-refractivity contribution in [3.63, 3.8) is 0 Å². The maximum atomic E-state index is 12.8. The number of benzene rings is 1. The normalized spacial score (nSPS) is 12.1. The number of nitrogens with zero attached hydrogens (tertiary/aromatic N) is 2. The van der Waals surface area contributed by atoms with E-state index in [0.717, 1.165) is 27.7 Å². The minimum atomic E-state index is -0.0876. The molecule has 0 radical (unpaired) electrons. The van der Waals surface area contributed by atoms with Gasteiger partial charge in [-0.05, 0) is 56.7 Å². The number of fused-ring (bicyclic) bond motifs is 1. The van der Waals surface area contributed by atoms with Gasteiger partial charge in [-0.2, -0.15) is 0 Å². The molecule has 2 heterocycles. The molecule has 0 saturated carbocycles. The maximum absolute atomic E-state index is 12.8. The van der Waals surface area contributed by atoms with Crippen LogP contribution in [0.25, 0.3) is 10.9 Å². The SMILES string of the molecule is Cc1ccc2nc(C)cc(C(=O)NC(C)c3ccncc3)c2c1. The molecule has 1 aromatic carbocycles. The Hall–Kier alpha value is -2.75. The van der Waals surface area contributed by atoms with Crippen molar-refractivity contribution in [3.8, 4) is 0 Å². The molecule has 0 spiro atoms. The van der Waals surface area contributed by atoms with Gasteiger partial charge in [0.25, 0.3) is 5.91 Å². The molecule has 0 bridgehead atoms. The van der Waals surface area contributed by atoms with Gasteiger partial charge in [-0.3, -0.25) is 14.8 Å². The van der Waals surface area contributed by atoms with Crippen LogP contribution in [0.4, 0.5) is 0 Å². The van der Waals surface area contributed by atoms with Gasteiger partial charge in [0.05, 0.1) is 17.1 Å². The molecule has 1 unspecified atom stereocenters. The second kappa shape index (κ2) is 6.16. The Morgan fingerprint density at radius 1 is 1.09 bits per heavy atom. The molecule has 0 aliphatic carbocycles. The van der Waals surface area contributed by atoms with Crippen molar-refractivity contribution < 1.29 is 4.79 Å². The van der Waals surface area contributed by atoms with E-state index in [1.54, 1.807) is 12.4 Å². The standard InChI is InChI=1S/C19H19N3O/c1-12-4-5-18-16(10-12)17(11-13(2)21-18)19(23)22-14(3)15-6-8-20-9-7-15/h4-11,14H,1-3H3,(H,22,23). The van der Waals surface area contributed by atoms with Gasteiger partial charge in [0.15, 0.2) is 0 Å². The van der Waals surface area contributed by atoms with Crippen LogP contribution in [0.2, 0.25) is 0 Å². The summed E-state index contributed by atoms with van der Waals surface area (Å²) in [7, 11) is 0. The van der Waals surface area contributed by atoms with Gasteiger partial charge in [-0.1, -0.05) is 11.6 Å². The van der Waals surface area contributed by atoms with Crippen LogP contribution >= 0.6 is 0 Å². The van der Waals surface area contributed by atoms with E-state index in [1.807, 2.05) is 57.2 Å². The number of amides is 1. The van der Waals surface area contributed by atoms with Gasteiger partial charge in [0.2, 0.25) is 0 Å². The number of carbonyl (C=O) groups excluding carboxylic acids is 1. The van der Waals surface area contributed by atoms with Crippen LogP contribution in [0.3, 0.4) is 0 Å². The lowest BCUT2D eigenvalue weighted by atomic mass is 10.0. The Morgan fingerprint density at radius 3 is 2.57 bits per heavy atom. The molecule has 1 amide bonds. The summed E-state index contributed by atoms with van der Waals surface area (Å²) in [4.78, 5) is 21.3. The smallest absolute Gasteiger partial charge is 0.252 e. The highest BCUT2D eigenvalue weighted by Gasteiger charge is 2.15. The van der Waals surface area contributed by atoms with Gasteiger partial charge >= 0.3 is 0 Å². The Morgan fingerprint density at radius 2 is 1.83 bits per heavy atom. The average molecular weight is 305 g/mol. The Labute approximate surface area is 135 Å². The molecule has 0 aliphatic rings. The van der Waals surface area contributed by atoms with Gasteiger partial charge in [0.1, 0.15) is 0 Å². The van der Waals surface area contributed by atoms with E-state index in [4.69, 9.17) is 0 Å². The third kappa shape index (κ3) is 3.21. The van der Waals surface area contributed by atoms with Crippen molar-refractivity contribution in [1.82, 2.24) is 15.3 Å². The van der Waals surface area contributed by atoms with Crippen LogP contribution in [0.15, 0.2) is 48.8 Å². The number of aromatic nitrogens is 2. The van der Waals surface area contributed by atoms with E-state index < -0.39 is 0 Å². The van der Waals surface area contributed by atoms with E-state index >= 15 is 0 Å². The van der Waals surface area contributed by atoms with E-state index in [2.05, 4.69) is 15.3 Å². The Balaban J connectivity index is 1.96. The van der Waals surface area contributed by atoms with Crippen molar-refractivity contribution in [2.45, 2.75) is 26.8 Å². The third-order valence-corrected chi connectivity index (χ3v) is 3.89. The minimum absolute atomic E-state index is 0.0844. The molecule has 116 valence electrons. The van der Waals surface area contributed by atoms with Crippen molar-refractivity contribution in [1.29, 1.82) is 0 Å². The van der Waals surface area contributed by atoms with Crippen LogP contribution in [0.5, 0.6) is 0 Å². The number of hydrogen-bond acceptors (Lipinski definition) is 3. The zero-order valence-corrected chi connectivity index (χ0v) is 13.5. The first kappa shape index (κ1) is 15.2. The number of pyridine rings is 2. The summed E-state index contributed by atoms with van der Waals surface area (Å²) < 4.78 is 0. The quantitative estimate of drug-likeness (QED) is 0.802. The number of nitrogens with one attached hydrogen (secondary N) is 1. The molecule has 0 fully saturated rings. The lowest BCUT2D eigenvalue weighted by Crippen LogP contribution is -2.27. The van der Waals surface area contributed by atoms with Gasteiger partial charge in [-0.15, -0.1) is 0 Å². The topological polar surface area (TPSA) is 54.9 Å². The molecule has 3 aromatic rings. The fourth-order valence-corrected chi connectivity index (χ4v) is 2.67. The van der Waals surface area contributed by atoms with E-state index in [1.165, 1.54) is 0 Å². The van der Waals surface area contributed by atoms with Crippen LogP contribution in [0, 0.1) is 13.8 Å². The first-order valence-corrected chi connectivity index (χ1v) is 7.63. The number of rotatable bonds is 3. The lowest BCUT2D eigenvalue weighted by molar-refractivity contribution is 0.0941. The zero-order valence-electron chi connectivity index (χ0n) is 13.5. The molecule has 0 saturated heterocycles. The molecule has 1 N–H and O–H groups in total. The number of aryl methyl sites for hydroxylation is 2. The monoisotopic (exact) mass is 305 g/mol. The first-order chi connectivity index (χ1) is 11.0. The average Bonchev–Trinajstić information content (AvgIpc) is 2.55.